The molecule has 4 aliphatic rings. The van der Waals surface area contributed by atoms with Crippen molar-refractivity contribution in [2.24, 2.45) is 0 Å². The molecule has 7 rings (SSSR count). The van der Waals surface area contributed by atoms with E-state index in [0.29, 0.717) is 28.8 Å². The monoisotopic (exact) mass is 853 g/mol. The lowest BCUT2D eigenvalue weighted by molar-refractivity contribution is -0.277. The number of hydrogen-bond donors (Lipinski definition) is 9. The summed E-state index contributed by atoms with van der Waals surface area (Å²) in [5.74, 6) is -0.524. The molecule has 17 heteroatoms. The van der Waals surface area contributed by atoms with Gasteiger partial charge in [-0.3, -0.25) is 4.79 Å². The summed E-state index contributed by atoms with van der Waals surface area (Å²) in [6.07, 6.45) is -5.07. The molecule has 6 unspecified atom stereocenters. The van der Waals surface area contributed by atoms with Gasteiger partial charge in [-0.05, 0) is 42.8 Å². The van der Waals surface area contributed by atoms with Crippen LogP contribution in [0.5, 0.6) is 23.0 Å². The Morgan fingerprint density at radius 2 is 1.13 bits per heavy atom. The molecule has 0 saturated carbocycles. The lowest BCUT2D eigenvalue weighted by Crippen LogP contribution is -2.60. The fourth-order valence-electron chi connectivity index (χ4n) is 8.33. The molecule has 4 heterocycles. The van der Waals surface area contributed by atoms with Crippen molar-refractivity contribution in [3.8, 4) is 23.0 Å². The molecule has 0 aromatic heterocycles. The van der Waals surface area contributed by atoms with Crippen molar-refractivity contribution in [3.05, 3.63) is 76.9 Å². The average molecular weight is 854 g/mol. The highest BCUT2D eigenvalue weighted by Gasteiger charge is 2.54. The zero-order chi connectivity index (χ0) is 43.4. The number of rotatable bonds is 17. The number of carbonyl (C=O) groups excluding carboxylic acids is 2. The molecule has 4 aliphatic heterocycles. The predicted octanol–water partition coefficient (Wildman–Crippen LogP) is 2.47. The number of anilines is 1. The number of benzene rings is 3. The lowest BCUT2D eigenvalue weighted by atomic mass is 9.77. The Kier molecular flexibility index (Phi) is 14.1. The van der Waals surface area contributed by atoms with Crippen molar-refractivity contribution in [2.45, 2.75) is 138 Å². The van der Waals surface area contributed by atoms with E-state index >= 15 is 0 Å². The van der Waals surface area contributed by atoms with E-state index < -0.39 is 86.2 Å². The molecule has 0 radical (unpaired) electrons. The number of nitrogens with one attached hydrogen (secondary N) is 1. The van der Waals surface area contributed by atoms with Crippen molar-refractivity contribution < 1.29 is 78.9 Å². The fraction of sp³-hybridized carbons (Fsp3) is 0.545. The molecular formula is C44H55NO16. The summed E-state index contributed by atoms with van der Waals surface area (Å²) in [5.41, 5.74) is 0.106. The first-order chi connectivity index (χ1) is 29.4. The van der Waals surface area contributed by atoms with Gasteiger partial charge in [0.05, 0.1) is 18.8 Å². The summed E-state index contributed by atoms with van der Waals surface area (Å²) in [6.45, 7) is 0.863. The van der Waals surface area contributed by atoms with Crippen LogP contribution < -0.4 is 19.5 Å². The third-order valence-electron chi connectivity index (χ3n) is 11.7. The number of fused-ring (bicyclic) bond motifs is 6. The van der Waals surface area contributed by atoms with Crippen LogP contribution >= 0.6 is 0 Å². The zero-order valence-electron chi connectivity index (χ0n) is 33.8. The molecule has 332 valence electrons. The van der Waals surface area contributed by atoms with E-state index in [4.69, 9.17) is 28.4 Å². The van der Waals surface area contributed by atoms with Gasteiger partial charge in [0.15, 0.2) is 5.60 Å². The molecule has 3 aromatic rings. The molecule has 1 amide bonds. The molecule has 1 spiro atoms. The molecule has 0 aliphatic carbocycles. The highest BCUT2D eigenvalue weighted by molar-refractivity contribution is 5.99. The Morgan fingerprint density at radius 3 is 1.64 bits per heavy atom. The van der Waals surface area contributed by atoms with E-state index in [9.17, 15) is 50.4 Å². The summed E-state index contributed by atoms with van der Waals surface area (Å²) in [5, 5.41) is 84.7. The molecule has 9 N–H and O–H groups in total. The smallest absolute Gasteiger partial charge is 0.340 e. The van der Waals surface area contributed by atoms with Crippen LogP contribution in [0, 0.1) is 0 Å². The van der Waals surface area contributed by atoms with Crippen LogP contribution in [0.4, 0.5) is 5.69 Å². The summed E-state index contributed by atoms with van der Waals surface area (Å²) in [4.78, 5) is 26.8. The number of hydrogen-bond acceptors (Lipinski definition) is 16. The van der Waals surface area contributed by atoms with E-state index in [1.54, 1.807) is 30.3 Å². The Morgan fingerprint density at radius 1 is 0.639 bits per heavy atom. The standard InChI is InChI=1S/C44H55NO16/c1-2-3-4-5-6-7-8-9-10-11-34(48)45-23-12-15-27-26(18-23)41(55)61-44(27)28-16-13-24(56-42-39(53)37(51)35(49)32(21-46)59-42)19-30(28)58-31-20-25(14-17-29(31)44)57-43-40(54)38(52)36(50)33(22-47)60-43/h12-20,32-33,35-40,42-43,46-47,49-54H,2-11,21-22H2,1H3,(H,45,48)/t32?,33?,35-,36-,37+,38?,39?,40?,42+,43+,44?/m0/s1. The molecular weight excluding hydrogens is 798 g/mol. The van der Waals surface area contributed by atoms with Crippen LogP contribution in [0.1, 0.15) is 98.2 Å². The van der Waals surface area contributed by atoms with Gasteiger partial charge in [0, 0.05) is 40.9 Å². The third-order valence-corrected chi connectivity index (χ3v) is 11.7. The molecule has 2 saturated heterocycles. The highest BCUT2D eigenvalue weighted by Crippen LogP contribution is 2.57. The molecule has 2 fully saturated rings. The normalized spacial score (nSPS) is 30.1. The molecule has 17 nitrogen and oxygen atoms in total. The van der Waals surface area contributed by atoms with Gasteiger partial charge in [-0.25, -0.2) is 4.79 Å². The van der Waals surface area contributed by atoms with E-state index in [2.05, 4.69) is 12.2 Å². The largest absolute Gasteiger partial charge is 0.462 e. The Balaban J connectivity index is 1.16. The number of unbranched alkanes of at least 4 members (excludes halogenated alkanes) is 8. The first kappa shape index (κ1) is 44.6. The van der Waals surface area contributed by atoms with Crippen LogP contribution in [-0.2, 0) is 24.6 Å². The van der Waals surface area contributed by atoms with Gasteiger partial charge >= 0.3 is 5.97 Å². The van der Waals surface area contributed by atoms with Gasteiger partial charge < -0.3 is 74.6 Å². The quantitative estimate of drug-likeness (QED) is 0.0698. The van der Waals surface area contributed by atoms with Gasteiger partial charge in [0.2, 0.25) is 18.5 Å². The summed E-state index contributed by atoms with van der Waals surface area (Å²) < 4.78 is 35.5. The van der Waals surface area contributed by atoms with Gasteiger partial charge in [-0.2, -0.15) is 0 Å². The van der Waals surface area contributed by atoms with E-state index in [-0.39, 0.29) is 34.5 Å². The second-order valence-electron chi connectivity index (χ2n) is 16.0. The second kappa shape index (κ2) is 19.3. The lowest BCUT2D eigenvalue weighted by Gasteiger charge is -2.40. The number of amides is 1. The minimum atomic E-state index is -1.70. The van der Waals surface area contributed by atoms with E-state index in [1.807, 2.05) is 0 Å². The maximum absolute atomic E-state index is 13.9. The topological polar surface area (TPSA) is 263 Å². The average Bonchev–Trinajstić information content (AvgIpc) is 3.54. The Bertz CT molecular complexity index is 1920. The SMILES string of the molecule is CCCCCCCCCCCC(=O)Nc1ccc2c(c1)C(=O)OC21c2ccc(O[C@@H]3OC(CO)[C@H](O)C(O)C3O)cc2Oc2cc(O[C@@H]3OC(CO)[C@H](O)[C@@H](O)C3O)ccc21. The van der Waals surface area contributed by atoms with E-state index in [0.717, 1.165) is 25.7 Å². The first-order valence-corrected chi connectivity index (χ1v) is 21.0. The van der Waals surface area contributed by atoms with Gasteiger partial charge in [-0.15, -0.1) is 0 Å². The molecule has 61 heavy (non-hydrogen) atoms. The predicted molar refractivity (Wildman–Crippen MR) is 214 cm³/mol. The first-order valence-electron chi connectivity index (χ1n) is 21.0. The van der Waals surface area contributed by atoms with Gasteiger partial charge in [0.25, 0.3) is 0 Å². The van der Waals surface area contributed by atoms with Crippen LogP contribution in [0.15, 0.2) is 54.6 Å². The minimum absolute atomic E-state index is 0.0602. The van der Waals surface area contributed by atoms with Crippen molar-refractivity contribution >= 4 is 17.6 Å². The van der Waals surface area contributed by atoms with Crippen LogP contribution in [-0.4, -0.2) is 127 Å². The van der Waals surface area contributed by atoms with Crippen molar-refractivity contribution in [1.29, 1.82) is 0 Å². The Labute approximate surface area is 352 Å². The van der Waals surface area contributed by atoms with Crippen molar-refractivity contribution in [2.75, 3.05) is 18.5 Å². The number of ether oxygens (including phenoxy) is 6. The summed E-state index contributed by atoms with van der Waals surface area (Å²) in [7, 11) is 0. The summed E-state index contributed by atoms with van der Waals surface area (Å²) in [6, 6.07) is 13.9. The number of carbonyl (C=O) groups is 2. The minimum Gasteiger partial charge on any atom is -0.462 e. The third kappa shape index (κ3) is 9.08. The van der Waals surface area contributed by atoms with Crippen molar-refractivity contribution in [3.63, 3.8) is 0 Å². The number of aliphatic hydroxyl groups excluding tert-OH is 8. The van der Waals surface area contributed by atoms with Gasteiger partial charge in [-0.1, -0.05) is 64.4 Å². The van der Waals surface area contributed by atoms with Crippen LogP contribution in [0.3, 0.4) is 0 Å². The highest BCUT2D eigenvalue weighted by atomic mass is 16.7. The molecule has 0 bridgehead atoms. The van der Waals surface area contributed by atoms with E-state index in [1.165, 1.54) is 56.4 Å². The second-order valence-corrected chi connectivity index (χ2v) is 16.0. The summed E-state index contributed by atoms with van der Waals surface area (Å²) >= 11 is 0. The van der Waals surface area contributed by atoms with Crippen LogP contribution in [0.25, 0.3) is 0 Å². The fourth-order valence-corrected chi connectivity index (χ4v) is 8.33. The number of esters is 1. The zero-order valence-corrected chi connectivity index (χ0v) is 33.8. The van der Waals surface area contributed by atoms with Crippen molar-refractivity contribution in [1.82, 2.24) is 0 Å². The van der Waals surface area contributed by atoms with Gasteiger partial charge in [0.1, 0.15) is 71.8 Å². The van der Waals surface area contributed by atoms with Crippen LogP contribution in [0.2, 0.25) is 0 Å². The molecule has 3 aromatic carbocycles. The Hall–Kier alpha value is -4.40. The number of aliphatic hydroxyl groups is 8. The maximum Gasteiger partial charge on any atom is 0.340 e. The molecule has 11 atom stereocenters. The maximum atomic E-state index is 13.9.